The molecule has 0 spiro atoms. The smallest absolute Gasteiger partial charge is 0.410 e. The third-order valence-corrected chi connectivity index (χ3v) is 7.23. The minimum Gasteiger partial charge on any atom is -0.444 e. The second kappa shape index (κ2) is 10.6. The van der Waals surface area contributed by atoms with E-state index in [0.717, 1.165) is 16.5 Å². The van der Waals surface area contributed by atoms with E-state index >= 15 is 0 Å². The van der Waals surface area contributed by atoms with Gasteiger partial charge in [-0.1, -0.05) is 17.7 Å². The standard InChI is InChI=1S/C26H34ClN5O5/c1-26(2,3)37-25(36)32-12-16-11-31(14-20(19(16)13-32)24(35)30-10-22(33)28-4)23(34)7-15-9-29-21-8-17(27)5-6-18(15)21/h5-6,8-9,16,19-20,29H,7,10-14H2,1-4H3,(H,28,33)(H,30,35). The molecule has 2 aromatic rings. The zero-order valence-corrected chi connectivity index (χ0v) is 22.4. The number of aromatic amines is 1. The molecule has 2 fully saturated rings. The van der Waals surface area contributed by atoms with Gasteiger partial charge in [-0.15, -0.1) is 0 Å². The summed E-state index contributed by atoms with van der Waals surface area (Å²) in [5.74, 6) is -1.49. The second-order valence-corrected chi connectivity index (χ2v) is 11.2. The number of amides is 4. The van der Waals surface area contributed by atoms with E-state index < -0.39 is 17.6 Å². The number of aromatic nitrogens is 1. The second-order valence-electron chi connectivity index (χ2n) is 10.8. The monoisotopic (exact) mass is 531 g/mol. The molecule has 1 aromatic heterocycles. The number of hydrogen-bond donors (Lipinski definition) is 3. The van der Waals surface area contributed by atoms with E-state index in [-0.39, 0.29) is 49.1 Å². The molecule has 4 amide bonds. The summed E-state index contributed by atoms with van der Waals surface area (Å²) in [6.45, 7) is 6.69. The zero-order chi connectivity index (χ0) is 26.9. The highest BCUT2D eigenvalue weighted by Gasteiger charge is 2.48. The number of nitrogens with zero attached hydrogens (tertiary/aromatic N) is 2. The predicted molar refractivity (Wildman–Crippen MR) is 139 cm³/mol. The van der Waals surface area contributed by atoms with Gasteiger partial charge in [-0.2, -0.15) is 0 Å². The van der Waals surface area contributed by atoms with Crippen LogP contribution in [0.15, 0.2) is 24.4 Å². The molecule has 37 heavy (non-hydrogen) atoms. The maximum atomic E-state index is 13.4. The molecule has 3 unspecified atom stereocenters. The molecular formula is C26H34ClN5O5. The predicted octanol–water partition coefficient (Wildman–Crippen LogP) is 2.17. The van der Waals surface area contributed by atoms with Gasteiger partial charge in [0.2, 0.25) is 17.7 Å². The van der Waals surface area contributed by atoms with Gasteiger partial charge in [0.1, 0.15) is 5.60 Å². The number of likely N-dealkylation sites (N-methyl/N-ethyl adjacent to an activating group) is 1. The van der Waals surface area contributed by atoms with Crippen molar-refractivity contribution in [3.8, 4) is 0 Å². The number of rotatable bonds is 5. The number of likely N-dealkylation sites (tertiary alicyclic amines) is 2. The number of piperidine rings is 1. The third-order valence-electron chi connectivity index (χ3n) is 6.99. The van der Waals surface area contributed by atoms with Gasteiger partial charge in [0, 0.05) is 55.3 Å². The summed E-state index contributed by atoms with van der Waals surface area (Å²) in [5.41, 5.74) is 1.06. The summed E-state index contributed by atoms with van der Waals surface area (Å²) in [6.07, 6.45) is 1.54. The van der Waals surface area contributed by atoms with Crippen LogP contribution in [0.1, 0.15) is 26.3 Å². The fourth-order valence-electron chi connectivity index (χ4n) is 5.20. The number of H-pyrrole nitrogens is 1. The molecule has 0 aliphatic carbocycles. The highest BCUT2D eigenvalue weighted by molar-refractivity contribution is 6.31. The maximum Gasteiger partial charge on any atom is 0.410 e. The van der Waals surface area contributed by atoms with Crippen molar-refractivity contribution in [3.63, 3.8) is 0 Å². The normalized spacial score (nSPS) is 21.5. The number of benzene rings is 1. The van der Waals surface area contributed by atoms with Crippen molar-refractivity contribution < 1.29 is 23.9 Å². The van der Waals surface area contributed by atoms with Gasteiger partial charge < -0.3 is 30.2 Å². The summed E-state index contributed by atoms with van der Waals surface area (Å²) < 4.78 is 5.55. The lowest BCUT2D eigenvalue weighted by atomic mass is 9.79. The number of halogens is 1. The van der Waals surface area contributed by atoms with Crippen molar-refractivity contribution in [1.82, 2.24) is 25.4 Å². The van der Waals surface area contributed by atoms with E-state index in [1.807, 2.05) is 32.9 Å². The molecule has 3 N–H and O–H groups in total. The Bertz CT molecular complexity index is 1210. The van der Waals surface area contributed by atoms with Crippen LogP contribution in [0.5, 0.6) is 0 Å². The van der Waals surface area contributed by atoms with E-state index in [9.17, 15) is 19.2 Å². The SMILES string of the molecule is CNC(=O)CNC(=O)C1CN(C(=O)Cc2c[nH]c3cc(Cl)ccc23)CC2CN(C(=O)OC(C)(C)C)CC21. The molecule has 3 heterocycles. The average molecular weight is 532 g/mol. The minimum atomic E-state index is -0.638. The maximum absolute atomic E-state index is 13.4. The van der Waals surface area contributed by atoms with E-state index in [4.69, 9.17) is 16.3 Å². The van der Waals surface area contributed by atoms with Gasteiger partial charge >= 0.3 is 6.09 Å². The number of carbonyl (C=O) groups excluding carboxylic acids is 4. The molecule has 0 saturated carbocycles. The van der Waals surface area contributed by atoms with Crippen LogP contribution in [0, 0.1) is 17.8 Å². The van der Waals surface area contributed by atoms with Gasteiger partial charge in [0.15, 0.2) is 0 Å². The topological polar surface area (TPSA) is 124 Å². The molecule has 0 bridgehead atoms. The van der Waals surface area contributed by atoms with Gasteiger partial charge in [-0.25, -0.2) is 4.79 Å². The van der Waals surface area contributed by atoms with Crippen LogP contribution in [0.2, 0.25) is 5.02 Å². The van der Waals surface area contributed by atoms with E-state index in [0.29, 0.717) is 24.7 Å². The minimum absolute atomic E-state index is 0.0808. The Morgan fingerprint density at radius 3 is 2.54 bits per heavy atom. The molecule has 2 aliphatic rings. The number of fused-ring (bicyclic) bond motifs is 2. The molecule has 1 aromatic carbocycles. The lowest BCUT2D eigenvalue weighted by molar-refractivity contribution is -0.139. The first-order valence-electron chi connectivity index (χ1n) is 12.4. The molecule has 2 aliphatic heterocycles. The van der Waals surface area contributed by atoms with Crippen molar-refractivity contribution in [3.05, 3.63) is 35.0 Å². The Labute approximate surface area is 221 Å². The fraction of sp³-hybridized carbons (Fsp3) is 0.538. The first-order chi connectivity index (χ1) is 17.4. The quantitative estimate of drug-likeness (QED) is 0.545. The summed E-state index contributed by atoms with van der Waals surface area (Å²) in [6, 6.07) is 5.48. The largest absolute Gasteiger partial charge is 0.444 e. The van der Waals surface area contributed by atoms with Crippen LogP contribution in [0.25, 0.3) is 10.9 Å². The molecule has 4 rings (SSSR count). The van der Waals surface area contributed by atoms with Crippen molar-refractivity contribution in [1.29, 1.82) is 0 Å². The summed E-state index contributed by atoms with van der Waals surface area (Å²) >= 11 is 6.08. The Balaban J connectivity index is 1.52. The Hall–Kier alpha value is -3.27. The third kappa shape index (κ3) is 6.18. The summed E-state index contributed by atoms with van der Waals surface area (Å²) in [7, 11) is 1.50. The molecule has 200 valence electrons. The van der Waals surface area contributed by atoms with Gasteiger partial charge in [0.25, 0.3) is 0 Å². The average Bonchev–Trinajstić information content (AvgIpc) is 3.44. The number of ether oxygens (including phenoxy) is 1. The highest BCUT2D eigenvalue weighted by atomic mass is 35.5. The van der Waals surface area contributed by atoms with Gasteiger partial charge in [-0.05, 0) is 50.3 Å². The number of carbonyl (C=O) groups is 4. The molecule has 3 atom stereocenters. The van der Waals surface area contributed by atoms with Crippen molar-refractivity contribution in [2.75, 3.05) is 39.8 Å². The summed E-state index contributed by atoms with van der Waals surface area (Å²) in [4.78, 5) is 57.6. The lowest BCUT2D eigenvalue weighted by Gasteiger charge is -2.39. The van der Waals surface area contributed by atoms with Crippen LogP contribution < -0.4 is 10.6 Å². The van der Waals surface area contributed by atoms with Crippen LogP contribution in [0.3, 0.4) is 0 Å². The summed E-state index contributed by atoms with van der Waals surface area (Å²) in [5, 5.41) is 6.70. The van der Waals surface area contributed by atoms with Crippen LogP contribution in [0.4, 0.5) is 4.79 Å². The molecule has 11 heteroatoms. The van der Waals surface area contributed by atoms with Gasteiger partial charge in [-0.3, -0.25) is 14.4 Å². The van der Waals surface area contributed by atoms with Crippen molar-refractivity contribution in [2.45, 2.75) is 32.8 Å². The van der Waals surface area contributed by atoms with E-state index in [2.05, 4.69) is 15.6 Å². The molecule has 0 radical (unpaired) electrons. The van der Waals surface area contributed by atoms with Crippen LogP contribution in [-0.2, 0) is 25.5 Å². The molecule has 2 saturated heterocycles. The Kier molecular flexibility index (Phi) is 7.68. The fourth-order valence-corrected chi connectivity index (χ4v) is 5.37. The zero-order valence-electron chi connectivity index (χ0n) is 21.6. The Morgan fingerprint density at radius 2 is 1.84 bits per heavy atom. The van der Waals surface area contributed by atoms with E-state index in [1.54, 1.807) is 22.1 Å². The van der Waals surface area contributed by atoms with Crippen molar-refractivity contribution >= 4 is 46.3 Å². The number of nitrogens with one attached hydrogen (secondary N) is 3. The highest BCUT2D eigenvalue weighted by Crippen LogP contribution is 2.36. The molecular weight excluding hydrogens is 498 g/mol. The van der Waals surface area contributed by atoms with Gasteiger partial charge in [0.05, 0.1) is 18.9 Å². The number of hydrogen-bond acceptors (Lipinski definition) is 5. The first-order valence-corrected chi connectivity index (χ1v) is 12.8. The van der Waals surface area contributed by atoms with E-state index in [1.165, 1.54) is 7.05 Å². The first kappa shape index (κ1) is 26.8. The Morgan fingerprint density at radius 1 is 1.11 bits per heavy atom. The van der Waals surface area contributed by atoms with Crippen LogP contribution >= 0.6 is 11.6 Å². The van der Waals surface area contributed by atoms with Crippen LogP contribution in [-0.4, -0.2) is 84.0 Å². The molecule has 10 nitrogen and oxygen atoms in total. The van der Waals surface area contributed by atoms with Crippen molar-refractivity contribution in [2.24, 2.45) is 17.8 Å². The lowest BCUT2D eigenvalue weighted by Crippen LogP contribution is -2.54.